The molecule has 1 aromatic rings. The fraction of sp³-hybridized carbons (Fsp3) is 0.556. The Bertz CT molecular complexity index is 657. The maximum Gasteiger partial charge on any atom is 0.161 e. The zero-order chi connectivity index (χ0) is 16.1. The van der Waals surface area contributed by atoms with Crippen molar-refractivity contribution < 1.29 is 19.3 Å². The van der Waals surface area contributed by atoms with Crippen molar-refractivity contribution >= 4 is 0 Å². The molecular weight excluding hydrogens is 294 g/mol. The molecule has 124 valence electrons. The highest BCUT2D eigenvalue weighted by Gasteiger charge is 2.49. The van der Waals surface area contributed by atoms with Crippen molar-refractivity contribution in [2.24, 2.45) is 0 Å². The molecule has 1 aromatic carbocycles. The van der Waals surface area contributed by atoms with Gasteiger partial charge in [-0.25, -0.2) is 0 Å². The third-order valence-corrected chi connectivity index (χ3v) is 5.53. The van der Waals surface area contributed by atoms with Gasteiger partial charge in [0.1, 0.15) is 6.10 Å². The van der Waals surface area contributed by atoms with Crippen molar-refractivity contribution in [3.05, 3.63) is 34.9 Å². The van der Waals surface area contributed by atoms with Crippen LogP contribution in [0.4, 0.5) is 0 Å². The summed E-state index contributed by atoms with van der Waals surface area (Å²) in [6.07, 6.45) is 2.38. The molecule has 4 rings (SSSR count). The van der Waals surface area contributed by atoms with Crippen LogP contribution in [0.5, 0.6) is 11.5 Å². The van der Waals surface area contributed by atoms with Crippen LogP contribution in [0.3, 0.4) is 0 Å². The first-order chi connectivity index (χ1) is 11.2. The van der Waals surface area contributed by atoms with Crippen LogP contribution in [0.25, 0.3) is 0 Å². The van der Waals surface area contributed by atoms with Gasteiger partial charge < -0.3 is 19.3 Å². The van der Waals surface area contributed by atoms with Gasteiger partial charge in [0.25, 0.3) is 0 Å². The Kier molecular flexibility index (Phi) is 3.59. The van der Waals surface area contributed by atoms with Crippen molar-refractivity contribution in [3.8, 4) is 11.5 Å². The van der Waals surface area contributed by atoms with Crippen molar-refractivity contribution in [1.82, 2.24) is 4.90 Å². The molecule has 1 fully saturated rings. The fourth-order valence-electron chi connectivity index (χ4n) is 4.48. The van der Waals surface area contributed by atoms with E-state index in [4.69, 9.17) is 14.2 Å². The van der Waals surface area contributed by atoms with Gasteiger partial charge in [0.15, 0.2) is 11.5 Å². The number of hydrogen-bond acceptors (Lipinski definition) is 5. The Morgan fingerprint density at radius 2 is 1.87 bits per heavy atom. The van der Waals surface area contributed by atoms with Crippen LogP contribution in [0.2, 0.25) is 0 Å². The highest BCUT2D eigenvalue weighted by atomic mass is 16.5. The molecule has 1 N–H and O–H groups in total. The number of rotatable bonds is 3. The lowest BCUT2D eigenvalue weighted by molar-refractivity contribution is -0.0231. The lowest BCUT2D eigenvalue weighted by Gasteiger charge is -2.45. The van der Waals surface area contributed by atoms with Crippen LogP contribution in [-0.2, 0) is 11.3 Å². The fourth-order valence-corrected chi connectivity index (χ4v) is 4.48. The molecule has 0 amide bonds. The van der Waals surface area contributed by atoms with Crippen molar-refractivity contribution in [2.45, 2.75) is 37.1 Å². The van der Waals surface area contributed by atoms with E-state index in [1.165, 1.54) is 11.1 Å². The first-order valence-electron chi connectivity index (χ1n) is 8.08. The molecule has 0 aromatic heterocycles. The van der Waals surface area contributed by atoms with Crippen molar-refractivity contribution in [2.75, 3.05) is 27.9 Å². The lowest BCUT2D eigenvalue weighted by atomic mass is 9.73. The van der Waals surface area contributed by atoms with Gasteiger partial charge in [-0.1, -0.05) is 11.6 Å². The largest absolute Gasteiger partial charge is 0.493 e. The summed E-state index contributed by atoms with van der Waals surface area (Å²) in [6, 6.07) is 4.37. The topological polar surface area (TPSA) is 51.2 Å². The third-order valence-electron chi connectivity index (χ3n) is 5.53. The van der Waals surface area contributed by atoms with E-state index < -0.39 is 6.10 Å². The van der Waals surface area contributed by atoms with Gasteiger partial charge in [-0.05, 0) is 29.7 Å². The summed E-state index contributed by atoms with van der Waals surface area (Å²) in [5.74, 6) is 1.48. The summed E-state index contributed by atoms with van der Waals surface area (Å²) in [6.45, 7) is 1.92. The maximum atomic E-state index is 10.9. The lowest BCUT2D eigenvalue weighted by Crippen LogP contribution is -2.50. The second-order valence-corrected chi connectivity index (χ2v) is 6.53. The minimum Gasteiger partial charge on any atom is -0.493 e. The maximum absolute atomic E-state index is 10.9. The van der Waals surface area contributed by atoms with Crippen LogP contribution in [0.1, 0.15) is 23.5 Å². The first kappa shape index (κ1) is 15.0. The molecule has 4 atom stereocenters. The van der Waals surface area contributed by atoms with Gasteiger partial charge in [0.2, 0.25) is 0 Å². The number of aliphatic hydroxyl groups excluding tert-OH is 1. The summed E-state index contributed by atoms with van der Waals surface area (Å²) in [5, 5.41) is 10.9. The molecule has 1 aliphatic carbocycles. The van der Waals surface area contributed by atoms with E-state index in [2.05, 4.69) is 17.0 Å². The second-order valence-electron chi connectivity index (χ2n) is 6.53. The molecule has 3 aliphatic rings. The van der Waals surface area contributed by atoms with E-state index in [0.29, 0.717) is 0 Å². The van der Waals surface area contributed by atoms with Crippen LogP contribution in [-0.4, -0.2) is 56.1 Å². The normalized spacial score (nSPS) is 32.1. The van der Waals surface area contributed by atoms with Crippen LogP contribution in [0, 0.1) is 0 Å². The molecule has 0 radical (unpaired) electrons. The number of hydrogen-bond donors (Lipinski definition) is 1. The van der Waals surface area contributed by atoms with E-state index in [-0.39, 0.29) is 18.1 Å². The SMILES string of the molecule is COc1cc2c(cc1OC)[C@@H]1[C@H](O)[C@@H](OC)C=C3CCN(C2)[C@H]31. The Morgan fingerprint density at radius 3 is 2.57 bits per heavy atom. The number of aliphatic hydroxyl groups is 1. The highest BCUT2D eigenvalue weighted by molar-refractivity contribution is 5.52. The Labute approximate surface area is 136 Å². The quantitative estimate of drug-likeness (QED) is 0.860. The van der Waals surface area contributed by atoms with E-state index in [0.717, 1.165) is 36.6 Å². The van der Waals surface area contributed by atoms with Gasteiger partial charge in [-0.3, -0.25) is 4.90 Å². The Morgan fingerprint density at radius 1 is 1.13 bits per heavy atom. The Hall–Kier alpha value is -1.56. The smallest absolute Gasteiger partial charge is 0.161 e. The minimum atomic E-state index is -0.550. The summed E-state index contributed by atoms with van der Waals surface area (Å²) in [7, 11) is 4.97. The number of benzene rings is 1. The van der Waals surface area contributed by atoms with Crippen LogP contribution >= 0.6 is 0 Å². The van der Waals surface area contributed by atoms with Crippen molar-refractivity contribution in [3.63, 3.8) is 0 Å². The first-order valence-corrected chi connectivity index (χ1v) is 8.08. The molecule has 0 bridgehead atoms. The Balaban J connectivity index is 1.86. The minimum absolute atomic E-state index is 0.0195. The number of ether oxygens (including phenoxy) is 3. The number of nitrogens with zero attached hydrogens (tertiary/aromatic N) is 1. The average Bonchev–Trinajstić information content (AvgIpc) is 2.98. The molecule has 0 spiro atoms. The van der Waals surface area contributed by atoms with Gasteiger partial charge in [-0.2, -0.15) is 0 Å². The van der Waals surface area contributed by atoms with E-state index in [1.54, 1.807) is 21.3 Å². The number of methoxy groups -OCH3 is 3. The monoisotopic (exact) mass is 317 g/mol. The number of fused-ring (bicyclic) bond motifs is 2. The molecule has 2 heterocycles. The molecule has 0 unspecified atom stereocenters. The molecule has 2 aliphatic heterocycles. The third kappa shape index (κ3) is 2.11. The van der Waals surface area contributed by atoms with E-state index >= 15 is 0 Å². The summed E-state index contributed by atoms with van der Waals surface area (Å²) >= 11 is 0. The molecule has 5 nitrogen and oxygen atoms in total. The second kappa shape index (κ2) is 5.51. The molecule has 5 heteroatoms. The standard InChI is InChI=1S/C18H23NO4/c1-21-13-7-11-9-19-5-4-10-6-15(23-3)18(20)16(17(10)19)12(11)8-14(13)22-2/h6-8,15-18,20H,4-5,9H2,1-3H3/t15-,16-,17+,18+/m0/s1. The molecule has 1 saturated heterocycles. The van der Waals surface area contributed by atoms with Crippen LogP contribution in [0.15, 0.2) is 23.8 Å². The zero-order valence-corrected chi connectivity index (χ0v) is 13.8. The highest BCUT2D eigenvalue weighted by Crippen LogP contribution is 2.49. The zero-order valence-electron chi connectivity index (χ0n) is 13.8. The van der Waals surface area contributed by atoms with E-state index in [9.17, 15) is 5.11 Å². The molecule has 0 saturated carbocycles. The predicted molar refractivity (Wildman–Crippen MR) is 86.0 cm³/mol. The van der Waals surface area contributed by atoms with Gasteiger partial charge in [0.05, 0.1) is 20.3 Å². The summed E-state index contributed by atoms with van der Waals surface area (Å²) in [4.78, 5) is 2.46. The van der Waals surface area contributed by atoms with Gasteiger partial charge in [0, 0.05) is 32.2 Å². The summed E-state index contributed by atoms with van der Waals surface area (Å²) in [5.41, 5.74) is 3.76. The van der Waals surface area contributed by atoms with Gasteiger partial charge >= 0.3 is 0 Å². The molecular formula is C18H23NO4. The molecule has 23 heavy (non-hydrogen) atoms. The van der Waals surface area contributed by atoms with Crippen molar-refractivity contribution in [1.29, 1.82) is 0 Å². The van der Waals surface area contributed by atoms with Crippen LogP contribution < -0.4 is 9.47 Å². The van der Waals surface area contributed by atoms with Gasteiger partial charge in [-0.15, -0.1) is 0 Å². The predicted octanol–water partition coefficient (Wildman–Crippen LogP) is 1.69. The average molecular weight is 317 g/mol. The summed E-state index contributed by atoms with van der Waals surface area (Å²) < 4.78 is 16.4. The van der Waals surface area contributed by atoms with E-state index in [1.807, 2.05) is 6.07 Å².